The molecule has 0 aromatic rings. The van der Waals surface area contributed by atoms with Gasteiger partial charge in [0.15, 0.2) is 5.60 Å². The summed E-state index contributed by atoms with van der Waals surface area (Å²) >= 11 is 0. The van der Waals surface area contributed by atoms with Crippen molar-refractivity contribution in [1.82, 2.24) is 0 Å². The topological polar surface area (TPSA) is 115 Å². The summed E-state index contributed by atoms with van der Waals surface area (Å²) in [5.41, 5.74) is -2.32. The van der Waals surface area contributed by atoms with E-state index in [2.05, 4.69) is 0 Å². The Morgan fingerprint density at radius 3 is 2.12 bits per heavy atom. The van der Waals surface area contributed by atoms with Crippen LogP contribution < -0.4 is 0 Å². The molecule has 6 nitrogen and oxygen atoms in total. The first-order valence-electron chi connectivity index (χ1n) is 4.74. The van der Waals surface area contributed by atoms with Gasteiger partial charge in [-0.25, -0.2) is 9.59 Å². The van der Waals surface area contributed by atoms with Gasteiger partial charge in [0.1, 0.15) is 0 Å². The summed E-state index contributed by atoms with van der Waals surface area (Å²) in [5, 5.41) is 36.0. The van der Waals surface area contributed by atoms with Crippen LogP contribution in [0.5, 0.6) is 0 Å². The Morgan fingerprint density at radius 2 is 1.88 bits per heavy atom. The minimum Gasteiger partial charge on any atom is -0.479 e. The number of hydrogen-bond acceptors (Lipinski definition) is 4. The molecule has 16 heavy (non-hydrogen) atoms. The van der Waals surface area contributed by atoms with Gasteiger partial charge in [0, 0.05) is 11.5 Å². The molecule has 0 aliphatic carbocycles. The molecule has 0 aromatic heterocycles. The molecule has 0 rings (SSSR count). The highest BCUT2D eigenvalue weighted by molar-refractivity contribution is 5.86. The second-order valence-corrected chi connectivity index (χ2v) is 3.61. The first kappa shape index (κ1) is 14.6. The molecule has 0 amide bonds. The van der Waals surface area contributed by atoms with Crippen LogP contribution in [-0.4, -0.2) is 44.6 Å². The molecular formula is C10H16O6. The van der Waals surface area contributed by atoms with Crippen molar-refractivity contribution in [3.63, 3.8) is 0 Å². The number of carboxylic acid groups (broad SMARTS) is 2. The van der Waals surface area contributed by atoms with Crippen molar-refractivity contribution >= 4 is 11.9 Å². The van der Waals surface area contributed by atoms with Crippen LogP contribution in [0.15, 0.2) is 11.6 Å². The third-order valence-electron chi connectivity index (χ3n) is 2.58. The van der Waals surface area contributed by atoms with Crippen LogP contribution in [0, 0.1) is 5.92 Å². The molecule has 0 aliphatic rings. The maximum absolute atomic E-state index is 10.8. The Bertz CT molecular complexity index is 308. The normalized spacial score (nSPS) is 17.6. The highest BCUT2D eigenvalue weighted by Crippen LogP contribution is 2.24. The Labute approximate surface area is 92.8 Å². The second kappa shape index (κ2) is 5.62. The monoisotopic (exact) mass is 232 g/mol. The first-order valence-corrected chi connectivity index (χ1v) is 4.74. The van der Waals surface area contributed by atoms with Gasteiger partial charge in [0.05, 0.1) is 6.61 Å². The lowest BCUT2D eigenvalue weighted by Gasteiger charge is -2.27. The van der Waals surface area contributed by atoms with Crippen LogP contribution in [0.1, 0.15) is 20.3 Å². The molecule has 92 valence electrons. The number of aliphatic carboxylic acids is 2. The van der Waals surface area contributed by atoms with E-state index in [0.29, 0.717) is 0 Å². The van der Waals surface area contributed by atoms with E-state index in [1.807, 2.05) is 0 Å². The molecule has 0 saturated heterocycles. The smallest absolute Gasteiger partial charge is 0.338 e. The Morgan fingerprint density at radius 1 is 1.38 bits per heavy atom. The van der Waals surface area contributed by atoms with Gasteiger partial charge in [0.2, 0.25) is 0 Å². The number of carbonyl (C=O) groups is 2. The van der Waals surface area contributed by atoms with Gasteiger partial charge < -0.3 is 20.4 Å². The zero-order valence-corrected chi connectivity index (χ0v) is 9.17. The van der Waals surface area contributed by atoms with Gasteiger partial charge in [0.25, 0.3) is 0 Å². The molecule has 0 heterocycles. The molecule has 0 aromatic carbocycles. The van der Waals surface area contributed by atoms with Crippen LogP contribution in [0.4, 0.5) is 0 Å². The van der Waals surface area contributed by atoms with Gasteiger partial charge in [-0.1, -0.05) is 13.0 Å². The molecule has 0 aliphatic heterocycles. The molecular weight excluding hydrogens is 216 g/mol. The van der Waals surface area contributed by atoms with Crippen molar-refractivity contribution in [2.45, 2.75) is 25.9 Å². The summed E-state index contributed by atoms with van der Waals surface area (Å²) < 4.78 is 0. The molecule has 0 radical (unpaired) electrons. The fourth-order valence-corrected chi connectivity index (χ4v) is 1.26. The summed E-state index contributed by atoms with van der Waals surface area (Å²) in [6.45, 7) is 1.92. The molecule has 4 N–H and O–H groups in total. The molecule has 2 atom stereocenters. The molecule has 0 saturated carbocycles. The lowest BCUT2D eigenvalue weighted by Crippen LogP contribution is -2.48. The highest BCUT2D eigenvalue weighted by Gasteiger charge is 2.41. The van der Waals surface area contributed by atoms with Crippen molar-refractivity contribution in [2.75, 3.05) is 6.61 Å². The maximum Gasteiger partial charge on any atom is 0.338 e. The van der Waals surface area contributed by atoms with Crippen LogP contribution >= 0.6 is 0 Å². The lowest BCUT2D eigenvalue weighted by atomic mass is 9.84. The van der Waals surface area contributed by atoms with E-state index in [1.165, 1.54) is 19.9 Å². The zero-order valence-electron chi connectivity index (χ0n) is 9.17. The van der Waals surface area contributed by atoms with Crippen molar-refractivity contribution in [2.24, 2.45) is 5.92 Å². The number of carboxylic acids is 2. The number of aliphatic hydroxyl groups is 2. The van der Waals surface area contributed by atoms with Crippen molar-refractivity contribution in [3.05, 3.63) is 11.6 Å². The second-order valence-electron chi connectivity index (χ2n) is 3.61. The minimum atomic E-state index is -2.32. The fraction of sp³-hybridized carbons (Fsp3) is 0.600. The van der Waals surface area contributed by atoms with Crippen molar-refractivity contribution < 1.29 is 30.0 Å². The van der Waals surface area contributed by atoms with Crippen LogP contribution in [-0.2, 0) is 9.59 Å². The van der Waals surface area contributed by atoms with E-state index in [0.717, 1.165) is 0 Å². The number of allylic oxidation sites excluding steroid dienone is 1. The maximum atomic E-state index is 10.8. The third-order valence-corrected chi connectivity index (χ3v) is 2.58. The van der Waals surface area contributed by atoms with Gasteiger partial charge in [-0.2, -0.15) is 0 Å². The van der Waals surface area contributed by atoms with E-state index in [9.17, 15) is 14.7 Å². The average molecular weight is 232 g/mol. The third kappa shape index (κ3) is 3.04. The summed E-state index contributed by atoms with van der Waals surface area (Å²) in [5.74, 6) is -3.64. The van der Waals surface area contributed by atoms with E-state index >= 15 is 0 Å². The fourth-order valence-electron chi connectivity index (χ4n) is 1.26. The quantitative estimate of drug-likeness (QED) is 0.473. The van der Waals surface area contributed by atoms with Gasteiger partial charge >= 0.3 is 11.9 Å². The molecule has 0 fully saturated rings. The van der Waals surface area contributed by atoms with Gasteiger partial charge in [-0.15, -0.1) is 0 Å². The number of rotatable bonds is 6. The van der Waals surface area contributed by atoms with Crippen LogP contribution in [0.2, 0.25) is 0 Å². The van der Waals surface area contributed by atoms with E-state index < -0.39 is 30.1 Å². The first-order chi connectivity index (χ1) is 7.29. The zero-order chi connectivity index (χ0) is 12.9. The predicted octanol–water partition coefficient (Wildman–Crippen LogP) is -0.148. The molecule has 0 unspecified atom stereocenters. The van der Waals surface area contributed by atoms with Crippen molar-refractivity contribution in [1.29, 1.82) is 0 Å². The SMILES string of the molecule is C/C=C(\C[C@@H](C)[C@](O)(CO)C(=O)O)C(=O)O. The molecule has 6 heteroatoms. The van der Waals surface area contributed by atoms with E-state index in [4.69, 9.17) is 15.3 Å². The predicted molar refractivity (Wildman–Crippen MR) is 54.8 cm³/mol. The molecule has 0 bridgehead atoms. The van der Waals surface area contributed by atoms with Crippen LogP contribution in [0.25, 0.3) is 0 Å². The van der Waals surface area contributed by atoms with E-state index in [-0.39, 0.29) is 12.0 Å². The standard InChI is InChI=1S/C10H16O6/c1-3-7(8(12)13)4-6(2)10(16,5-11)9(14)15/h3,6,11,16H,4-5H2,1-2H3,(H,12,13)(H,14,15)/b7-3+/t6-,10-/m1/s1. The largest absolute Gasteiger partial charge is 0.479 e. The number of aliphatic hydroxyl groups excluding tert-OH is 1. The Hall–Kier alpha value is -1.40. The highest BCUT2D eigenvalue weighted by atomic mass is 16.4. The Kier molecular flexibility index (Phi) is 5.13. The average Bonchev–Trinajstić information content (AvgIpc) is 2.23. The lowest BCUT2D eigenvalue weighted by molar-refractivity contribution is -0.169. The summed E-state index contributed by atoms with van der Waals surface area (Å²) in [6, 6.07) is 0. The summed E-state index contributed by atoms with van der Waals surface area (Å²) in [4.78, 5) is 21.4. The summed E-state index contributed by atoms with van der Waals surface area (Å²) in [7, 11) is 0. The summed E-state index contributed by atoms with van der Waals surface area (Å²) in [6.07, 6.45) is 1.20. The van der Waals surface area contributed by atoms with Crippen LogP contribution in [0.3, 0.4) is 0 Å². The van der Waals surface area contributed by atoms with E-state index in [1.54, 1.807) is 0 Å². The van der Waals surface area contributed by atoms with Gasteiger partial charge in [-0.3, -0.25) is 0 Å². The number of hydrogen-bond donors (Lipinski definition) is 4. The van der Waals surface area contributed by atoms with Crippen molar-refractivity contribution in [3.8, 4) is 0 Å². The Balaban J connectivity index is 4.86. The minimum absolute atomic E-state index is 0.000579. The van der Waals surface area contributed by atoms with Gasteiger partial charge in [-0.05, 0) is 13.3 Å². The molecule has 0 spiro atoms.